The van der Waals surface area contributed by atoms with Crippen LogP contribution in [0, 0.1) is 0 Å². The molecule has 0 aromatic carbocycles. The summed E-state index contributed by atoms with van der Waals surface area (Å²) in [6.45, 7) is 6.62. The second-order valence-corrected chi connectivity index (χ2v) is 21.0. The molecular formula is C65H118O6. The largest absolute Gasteiger partial charge is 0.462 e. The third kappa shape index (κ3) is 58.1. The number of carbonyl (C=O) groups excluding carboxylic acids is 3. The van der Waals surface area contributed by atoms with Gasteiger partial charge in [-0.1, -0.05) is 281 Å². The smallest absolute Gasteiger partial charge is 0.306 e. The molecule has 0 radical (unpaired) electrons. The third-order valence-electron chi connectivity index (χ3n) is 13.8. The summed E-state index contributed by atoms with van der Waals surface area (Å²) in [6.07, 6.45) is 74.0. The number of esters is 3. The maximum absolute atomic E-state index is 12.9. The summed E-state index contributed by atoms with van der Waals surface area (Å²) >= 11 is 0. The molecule has 0 N–H and O–H groups in total. The lowest BCUT2D eigenvalue weighted by molar-refractivity contribution is -0.167. The first-order valence-corrected chi connectivity index (χ1v) is 31.1. The van der Waals surface area contributed by atoms with Crippen LogP contribution in [0.25, 0.3) is 0 Å². The van der Waals surface area contributed by atoms with Crippen molar-refractivity contribution in [1.29, 1.82) is 0 Å². The van der Waals surface area contributed by atoms with Gasteiger partial charge in [-0.2, -0.15) is 0 Å². The summed E-state index contributed by atoms with van der Waals surface area (Å²) in [5, 5.41) is 0. The third-order valence-corrected chi connectivity index (χ3v) is 13.8. The summed E-state index contributed by atoms with van der Waals surface area (Å²) in [6, 6.07) is 0. The Morgan fingerprint density at radius 1 is 0.282 bits per heavy atom. The first-order valence-electron chi connectivity index (χ1n) is 31.1. The zero-order chi connectivity index (χ0) is 51.4. The van der Waals surface area contributed by atoms with Gasteiger partial charge < -0.3 is 14.2 Å². The van der Waals surface area contributed by atoms with Gasteiger partial charge in [-0.3, -0.25) is 14.4 Å². The Morgan fingerprint density at radius 3 is 0.845 bits per heavy atom. The van der Waals surface area contributed by atoms with Gasteiger partial charge in [-0.05, 0) is 77.0 Å². The number of carbonyl (C=O) groups is 3. The lowest BCUT2D eigenvalue weighted by Crippen LogP contribution is -2.30. The van der Waals surface area contributed by atoms with Crippen LogP contribution in [0.1, 0.15) is 329 Å². The van der Waals surface area contributed by atoms with E-state index in [1.54, 1.807) is 0 Å². The Morgan fingerprint density at radius 2 is 0.521 bits per heavy atom. The van der Waals surface area contributed by atoms with Crippen LogP contribution in [0.4, 0.5) is 0 Å². The lowest BCUT2D eigenvalue weighted by Gasteiger charge is -2.18. The Balaban J connectivity index is 4.28. The first-order chi connectivity index (χ1) is 35.0. The molecule has 0 fully saturated rings. The maximum Gasteiger partial charge on any atom is 0.306 e. The van der Waals surface area contributed by atoms with E-state index in [2.05, 4.69) is 69.4 Å². The summed E-state index contributed by atoms with van der Waals surface area (Å²) in [5.41, 5.74) is 0. The number of unbranched alkanes of at least 4 members (excludes halogenated alkanes) is 38. The van der Waals surface area contributed by atoms with Gasteiger partial charge in [0.2, 0.25) is 0 Å². The molecule has 0 heterocycles. The van der Waals surface area contributed by atoms with E-state index in [-0.39, 0.29) is 31.1 Å². The highest BCUT2D eigenvalue weighted by atomic mass is 16.6. The van der Waals surface area contributed by atoms with Crippen molar-refractivity contribution in [2.24, 2.45) is 0 Å². The molecule has 1 atom stereocenters. The second kappa shape index (κ2) is 59.9. The van der Waals surface area contributed by atoms with Crippen LogP contribution < -0.4 is 0 Å². The SMILES string of the molecule is CCCC/C=C\CCCCCCCC(=O)OCC(COC(=O)CCCCCCCCCC/C=C\C/C=C\C/C=C\CCCCCCC)OC(=O)CCCCCCCCCCCCCCCCCCCCC. The van der Waals surface area contributed by atoms with Crippen molar-refractivity contribution < 1.29 is 28.6 Å². The van der Waals surface area contributed by atoms with Gasteiger partial charge in [-0.15, -0.1) is 0 Å². The van der Waals surface area contributed by atoms with Crippen molar-refractivity contribution in [1.82, 2.24) is 0 Å². The Hall–Kier alpha value is -2.63. The monoisotopic (exact) mass is 995 g/mol. The number of ether oxygens (including phenoxy) is 3. The molecule has 0 bridgehead atoms. The number of hydrogen-bond donors (Lipinski definition) is 0. The molecule has 0 aliphatic heterocycles. The molecular weight excluding hydrogens is 877 g/mol. The van der Waals surface area contributed by atoms with Crippen LogP contribution >= 0.6 is 0 Å². The fourth-order valence-corrected chi connectivity index (χ4v) is 9.08. The molecule has 0 saturated heterocycles. The topological polar surface area (TPSA) is 78.9 Å². The van der Waals surface area contributed by atoms with Crippen molar-refractivity contribution in [3.8, 4) is 0 Å². The van der Waals surface area contributed by atoms with E-state index in [1.807, 2.05) is 0 Å². The fourth-order valence-electron chi connectivity index (χ4n) is 9.08. The lowest BCUT2D eigenvalue weighted by atomic mass is 10.0. The van der Waals surface area contributed by atoms with Crippen molar-refractivity contribution >= 4 is 17.9 Å². The summed E-state index contributed by atoms with van der Waals surface area (Å²) in [7, 11) is 0. The molecule has 0 spiro atoms. The quantitative estimate of drug-likeness (QED) is 0.0261. The van der Waals surface area contributed by atoms with Crippen molar-refractivity contribution in [3.63, 3.8) is 0 Å². The summed E-state index contributed by atoms with van der Waals surface area (Å²) in [4.78, 5) is 38.2. The van der Waals surface area contributed by atoms with E-state index >= 15 is 0 Å². The van der Waals surface area contributed by atoms with Crippen LogP contribution in [0.5, 0.6) is 0 Å². The zero-order valence-electron chi connectivity index (χ0n) is 47.5. The average Bonchev–Trinajstić information content (AvgIpc) is 3.37. The molecule has 0 aromatic heterocycles. The predicted octanol–water partition coefficient (Wildman–Crippen LogP) is 21.0. The van der Waals surface area contributed by atoms with Gasteiger partial charge in [0.25, 0.3) is 0 Å². The van der Waals surface area contributed by atoms with Crippen LogP contribution in [-0.2, 0) is 28.6 Å². The minimum Gasteiger partial charge on any atom is -0.462 e. The van der Waals surface area contributed by atoms with E-state index < -0.39 is 6.10 Å². The summed E-state index contributed by atoms with van der Waals surface area (Å²) < 4.78 is 16.9. The highest BCUT2D eigenvalue weighted by Crippen LogP contribution is 2.17. The fraction of sp³-hybridized carbons (Fsp3) is 0.831. The van der Waals surface area contributed by atoms with Crippen molar-refractivity contribution in [3.05, 3.63) is 48.6 Å². The van der Waals surface area contributed by atoms with Crippen LogP contribution in [-0.4, -0.2) is 37.2 Å². The van der Waals surface area contributed by atoms with E-state index in [1.165, 1.54) is 205 Å². The van der Waals surface area contributed by atoms with Crippen LogP contribution in [0.2, 0.25) is 0 Å². The zero-order valence-corrected chi connectivity index (χ0v) is 47.5. The molecule has 6 heteroatoms. The minimum absolute atomic E-state index is 0.0766. The van der Waals surface area contributed by atoms with Crippen molar-refractivity contribution in [2.45, 2.75) is 335 Å². The van der Waals surface area contributed by atoms with E-state index in [4.69, 9.17) is 14.2 Å². The Kier molecular flexibility index (Phi) is 57.7. The predicted molar refractivity (Wildman–Crippen MR) is 307 cm³/mol. The van der Waals surface area contributed by atoms with Gasteiger partial charge in [0.15, 0.2) is 6.10 Å². The number of rotatable bonds is 57. The normalized spacial score (nSPS) is 12.3. The van der Waals surface area contributed by atoms with E-state index in [9.17, 15) is 14.4 Å². The molecule has 0 aliphatic carbocycles. The standard InChI is InChI=1S/C65H118O6/c1-4-7-10-13-16-19-22-24-26-28-30-31-32-33-35-36-38-40-43-46-49-52-55-58-64(67)70-61-62(60-69-63(66)57-54-51-48-45-42-21-18-15-12-9-6-3)71-65(68)59-56-53-50-47-44-41-39-37-34-29-27-25-23-20-17-14-11-8-5-2/h15,18,22,24,28,30,32-33,62H,4-14,16-17,19-21,23,25-27,29,31,34-61H2,1-3H3/b18-15-,24-22-,30-28-,33-32-. The molecule has 1 unspecified atom stereocenters. The van der Waals surface area contributed by atoms with Gasteiger partial charge in [-0.25, -0.2) is 0 Å². The first kappa shape index (κ1) is 68.4. The van der Waals surface area contributed by atoms with E-state index in [0.717, 1.165) is 83.5 Å². The van der Waals surface area contributed by atoms with Crippen molar-refractivity contribution in [2.75, 3.05) is 13.2 Å². The molecule has 0 saturated carbocycles. The highest BCUT2D eigenvalue weighted by molar-refractivity contribution is 5.71. The second-order valence-electron chi connectivity index (χ2n) is 21.0. The average molecular weight is 996 g/mol. The van der Waals surface area contributed by atoms with Crippen LogP contribution in [0.3, 0.4) is 0 Å². The van der Waals surface area contributed by atoms with Gasteiger partial charge in [0, 0.05) is 19.3 Å². The molecule has 0 rings (SSSR count). The van der Waals surface area contributed by atoms with Gasteiger partial charge in [0.05, 0.1) is 0 Å². The molecule has 414 valence electrons. The van der Waals surface area contributed by atoms with Gasteiger partial charge >= 0.3 is 17.9 Å². The van der Waals surface area contributed by atoms with Gasteiger partial charge in [0.1, 0.15) is 13.2 Å². The minimum atomic E-state index is -0.777. The highest BCUT2D eigenvalue weighted by Gasteiger charge is 2.19. The molecule has 6 nitrogen and oxygen atoms in total. The molecule has 0 aromatic rings. The number of hydrogen-bond acceptors (Lipinski definition) is 6. The maximum atomic E-state index is 12.9. The Bertz CT molecular complexity index is 1230. The summed E-state index contributed by atoms with van der Waals surface area (Å²) in [5.74, 6) is -0.875. The molecule has 71 heavy (non-hydrogen) atoms. The van der Waals surface area contributed by atoms with Crippen LogP contribution in [0.15, 0.2) is 48.6 Å². The molecule has 0 amide bonds. The molecule has 0 aliphatic rings. The van der Waals surface area contributed by atoms with E-state index in [0.29, 0.717) is 19.3 Å². The Labute approximate surface area is 441 Å². The number of allylic oxidation sites excluding steroid dienone is 8.